The summed E-state index contributed by atoms with van der Waals surface area (Å²) in [6, 6.07) is 3.42. The van der Waals surface area contributed by atoms with Gasteiger partial charge in [0.15, 0.2) is 0 Å². The molecule has 0 saturated heterocycles. The van der Waals surface area contributed by atoms with Crippen molar-refractivity contribution in [2.75, 3.05) is 6.61 Å². The second-order valence-corrected chi connectivity index (χ2v) is 6.31. The van der Waals surface area contributed by atoms with Crippen LogP contribution in [-0.2, 0) is 16.0 Å². The van der Waals surface area contributed by atoms with Crippen molar-refractivity contribution in [3.8, 4) is 10.6 Å². The summed E-state index contributed by atoms with van der Waals surface area (Å²) in [7, 11) is 0. The summed E-state index contributed by atoms with van der Waals surface area (Å²) in [5.74, 6) is -0.345. The number of aryl methyl sites for hydroxylation is 1. The predicted molar refractivity (Wildman–Crippen MR) is 78.5 cm³/mol. The second-order valence-electron chi connectivity index (χ2n) is 4.08. The molecule has 2 N–H and O–H groups in total. The molecule has 0 amide bonds. The lowest BCUT2D eigenvalue weighted by Crippen LogP contribution is -2.34. The number of carbonyl (C=O) groups is 1. The Kier molecular flexibility index (Phi) is 4.68. The van der Waals surface area contributed by atoms with Crippen molar-refractivity contribution in [2.45, 2.75) is 26.3 Å². The van der Waals surface area contributed by atoms with Gasteiger partial charge in [-0.25, -0.2) is 4.98 Å². The molecule has 4 nitrogen and oxygen atoms in total. The van der Waals surface area contributed by atoms with Gasteiger partial charge >= 0.3 is 5.97 Å². The van der Waals surface area contributed by atoms with Crippen molar-refractivity contribution in [1.82, 2.24) is 4.98 Å². The predicted octanol–water partition coefficient (Wildman–Crippen LogP) is 2.61. The molecule has 2 aromatic heterocycles. The molecule has 19 heavy (non-hydrogen) atoms. The highest BCUT2D eigenvalue weighted by atomic mass is 32.1. The Balaban J connectivity index is 2.03. The Morgan fingerprint density at radius 2 is 2.32 bits per heavy atom. The standard InChI is InChI=1S/C13H16N2O2S2/c1-3-17-13(16)10(14)6-9-4-5-12(19-9)11-7-18-8(2)15-11/h4-5,7,10H,3,6,14H2,1-2H3. The quantitative estimate of drug-likeness (QED) is 0.861. The van der Waals surface area contributed by atoms with Gasteiger partial charge in [0.05, 0.1) is 22.2 Å². The van der Waals surface area contributed by atoms with Crippen molar-refractivity contribution >= 4 is 28.6 Å². The zero-order chi connectivity index (χ0) is 13.8. The summed E-state index contributed by atoms with van der Waals surface area (Å²) < 4.78 is 4.90. The summed E-state index contributed by atoms with van der Waals surface area (Å²) in [5, 5.41) is 3.09. The molecule has 0 radical (unpaired) electrons. The van der Waals surface area contributed by atoms with Crippen LogP contribution < -0.4 is 5.73 Å². The van der Waals surface area contributed by atoms with Gasteiger partial charge in [0.1, 0.15) is 6.04 Å². The van der Waals surface area contributed by atoms with Crippen LogP contribution >= 0.6 is 22.7 Å². The number of carbonyl (C=O) groups excluding carboxylic acids is 1. The van der Waals surface area contributed by atoms with E-state index < -0.39 is 6.04 Å². The summed E-state index contributed by atoms with van der Waals surface area (Å²) in [4.78, 5) is 18.1. The Morgan fingerprint density at radius 3 is 2.95 bits per heavy atom. The van der Waals surface area contributed by atoms with Crippen LogP contribution in [0.3, 0.4) is 0 Å². The van der Waals surface area contributed by atoms with E-state index in [9.17, 15) is 4.79 Å². The molecular formula is C13H16N2O2S2. The zero-order valence-corrected chi connectivity index (χ0v) is 12.5. The molecule has 2 heterocycles. The third kappa shape index (κ3) is 3.62. The molecule has 0 spiro atoms. The SMILES string of the molecule is CCOC(=O)C(N)Cc1ccc(-c2csc(C)n2)s1. The van der Waals surface area contributed by atoms with E-state index in [-0.39, 0.29) is 5.97 Å². The van der Waals surface area contributed by atoms with Crippen LogP contribution in [0.1, 0.15) is 16.8 Å². The summed E-state index contributed by atoms with van der Waals surface area (Å²) in [5.41, 5.74) is 6.80. The van der Waals surface area contributed by atoms with E-state index >= 15 is 0 Å². The zero-order valence-electron chi connectivity index (χ0n) is 10.9. The lowest BCUT2D eigenvalue weighted by atomic mass is 10.2. The number of rotatable bonds is 5. The van der Waals surface area contributed by atoms with Crippen LogP contribution in [0.15, 0.2) is 17.5 Å². The number of ether oxygens (including phenoxy) is 1. The lowest BCUT2D eigenvalue weighted by molar-refractivity contribution is -0.144. The molecule has 6 heteroatoms. The number of thiophene rings is 1. The molecule has 0 fully saturated rings. The number of hydrogen-bond acceptors (Lipinski definition) is 6. The van der Waals surface area contributed by atoms with Crippen molar-refractivity contribution in [2.24, 2.45) is 5.73 Å². The van der Waals surface area contributed by atoms with Gasteiger partial charge in [0, 0.05) is 16.7 Å². The first kappa shape index (κ1) is 14.2. The van der Waals surface area contributed by atoms with Gasteiger partial charge in [0.2, 0.25) is 0 Å². The minimum atomic E-state index is -0.594. The Labute approximate surface area is 120 Å². The fourth-order valence-corrected chi connectivity index (χ4v) is 3.37. The average molecular weight is 296 g/mol. The van der Waals surface area contributed by atoms with Crippen LogP contribution in [0.4, 0.5) is 0 Å². The first-order valence-corrected chi connectivity index (χ1v) is 7.73. The minimum Gasteiger partial charge on any atom is -0.465 e. The van der Waals surface area contributed by atoms with E-state index in [2.05, 4.69) is 4.98 Å². The van der Waals surface area contributed by atoms with Gasteiger partial charge < -0.3 is 10.5 Å². The number of esters is 1. The van der Waals surface area contributed by atoms with Crippen LogP contribution in [0.2, 0.25) is 0 Å². The third-order valence-electron chi connectivity index (χ3n) is 2.54. The second kappa shape index (κ2) is 6.27. The Bertz CT molecular complexity index is 562. The maximum absolute atomic E-state index is 11.5. The van der Waals surface area contributed by atoms with Crippen LogP contribution in [0, 0.1) is 6.92 Å². The Morgan fingerprint density at radius 1 is 1.53 bits per heavy atom. The normalized spacial score (nSPS) is 12.4. The summed E-state index contributed by atoms with van der Waals surface area (Å²) in [6.07, 6.45) is 0.507. The van der Waals surface area contributed by atoms with Gasteiger partial charge in [0.25, 0.3) is 0 Å². The molecule has 1 atom stereocenters. The molecule has 0 aromatic carbocycles. The smallest absolute Gasteiger partial charge is 0.323 e. The van der Waals surface area contributed by atoms with Gasteiger partial charge in [-0.05, 0) is 26.0 Å². The number of nitrogens with zero attached hydrogens (tertiary/aromatic N) is 1. The molecular weight excluding hydrogens is 280 g/mol. The van der Waals surface area contributed by atoms with Gasteiger partial charge in [-0.2, -0.15) is 0 Å². The molecule has 102 valence electrons. The molecule has 0 bridgehead atoms. The third-order valence-corrected chi connectivity index (χ3v) is 4.45. The molecule has 0 aliphatic heterocycles. The van der Waals surface area contributed by atoms with Crippen molar-refractivity contribution < 1.29 is 9.53 Å². The van der Waals surface area contributed by atoms with Crippen molar-refractivity contribution in [1.29, 1.82) is 0 Å². The summed E-state index contributed by atoms with van der Waals surface area (Å²) >= 11 is 3.25. The van der Waals surface area contributed by atoms with Gasteiger partial charge in [-0.3, -0.25) is 4.79 Å². The van der Waals surface area contributed by atoms with E-state index in [1.54, 1.807) is 29.6 Å². The van der Waals surface area contributed by atoms with E-state index in [4.69, 9.17) is 10.5 Å². The molecule has 2 rings (SSSR count). The first-order chi connectivity index (χ1) is 9.10. The maximum Gasteiger partial charge on any atom is 0.323 e. The van der Waals surface area contributed by atoms with Crippen LogP contribution in [0.25, 0.3) is 10.6 Å². The number of nitrogens with two attached hydrogens (primary N) is 1. The largest absolute Gasteiger partial charge is 0.465 e. The van der Waals surface area contributed by atoms with Gasteiger partial charge in [-0.15, -0.1) is 22.7 Å². The fraction of sp³-hybridized carbons (Fsp3) is 0.385. The molecule has 2 aromatic rings. The van der Waals surface area contributed by atoms with Crippen molar-refractivity contribution in [3.63, 3.8) is 0 Å². The number of aromatic nitrogens is 1. The van der Waals surface area contributed by atoms with Gasteiger partial charge in [-0.1, -0.05) is 0 Å². The summed E-state index contributed by atoms with van der Waals surface area (Å²) in [6.45, 7) is 4.12. The van der Waals surface area contributed by atoms with E-state index in [0.29, 0.717) is 13.0 Å². The average Bonchev–Trinajstić information content (AvgIpc) is 2.98. The fourth-order valence-electron chi connectivity index (χ4n) is 1.65. The van der Waals surface area contributed by atoms with E-state index in [0.717, 1.165) is 20.5 Å². The highest BCUT2D eigenvalue weighted by molar-refractivity contribution is 7.16. The number of hydrogen-bond donors (Lipinski definition) is 1. The lowest BCUT2D eigenvalue weighted by Gasteiger charge is -2.08. The Hall–Kier alpha value is -1.24. The number of thiazole rings is 1. The molecule has 0 aliphatic rings. The molecule has 1 unspecified atom stereocenters. The maximum atomic E-state index is 11.5. The molecule has 0 saturated carbocycles. The molecule has 0 aliphatic carbocycles. The van der Waals surface area contributed by atoms with Crippen LogP contribution in [0.5, 0.6) is 0 Å². The minimum absolute atomic E-state index is 0.345. The van der Waals surface area contributed by atoms with E-state index in [1.807, 2.05) is 24.4 Å². The van der Waals surface area contributed by atoms with Crippen LogP contribution in [-0.4, -0.2) is 23.6 Å². The van der Waals surface area contributed by atoms with E-state index in [1.165, 1.54) is 0 Å². The monoisotopic (exact) mass is 296 g/mol. The first-order valence-electron chi connectivity index (χ1n) is 6.03. The topological polar surface area (TPSA) is 65.2 Å². The van der Waals surface area contributed by atoms with Crippen molar-refractivity contribution in [3.05, 3.63) is 27.4 Å². The highest BCUT2D eigenvalue weighted by Gasteiger charge is 2.16. The highest BCUT2D eigenvalue weighted by Crippen LogP contribution is 2.29.